The van der Waals surface area contributed by atoms with Gasteiger partial charge in [-0.1, -0.05) is 6.07 Å². The summed E-state index contributed by atoms with van der Waals surface area (Å²) in [6.45, 7) is 0. The van der Waals surface area contributed by atoms with E-state index in [1.807, 2.05) is 0 Å². The number of nitrogens with zero attached hydrogens (tertiary/aromatic N) is 1. The molecule has 0 aliphatic carbocycles. The van der Waals surface area contributed by atoms with Gasteiger partial charge in [0.1, 0.15) is 0 Å². The van der Waals surface area contributed by atoms with Gasteiger partial charge < -0.3 is 4.74 Å². The van der Waals surface area contributed by atoms with Crippen molar-refractivity contribution in [3.05, 3.63) is 29.8 Å². The molecular weight excluding hydrogens is 201 g/mol. The van der Waals surface area contributed by atoms with E-state index in [9.17, 15) is 14.0 Å². The number of halogens is 1. The average Bonchev–Trinajstić information content (AvgIpc) is 2.17. The number of carbonyl (C=O) groups excluding carboxylic acids is 2. The summed E-state index contributed by atoms with van der Waals surface area (Å²) in [6, 6.07) is 2.73. The molecule has 4 nitrogen and oxygen atoms in total. The molecular formula is C10H8FNO3. The molecule has 0 N–H and O–H groups in total. The minimum absolute atomic E-state index is 0.138. The maximum Gasteiger partial charge on any atom is 0.314 e. The first-order chi connectivity index (χ1) is 7.15. The minimum Gasteiger partial charge on any atom is -0.393 e. The second-order valence-corrected chi connectivity index (χ2v) is 3.37. The monoisotopic (exact) mass is 209 g/mol. The third-order valence-electron chi connectivity index (χ3n) is 2.28. The summed E-state index contributed by atoms with van der Waals surface area (Å²) < 4.78 is 16.9. The lowest BCUT2D eigenvalue weighted by molar-refractivity contribution is -0.163. The smallest absolute Gasteiger partial charge is 0.314 e. The quantitative estimate of drug-likeness (QED) is 0.395. The van der Waals surface area contributed by atoms with Crippen LogP contribution in [0.4, 0.5) is 4.39 Å². The van der Waals surface area contributed by atoms with E-state index >= 15 is 0 Å². The van der Waals surface area contributed by atoms with Gasteiger partial charge in [0.15, 0.2) is 0 Å². The summed E-state index contributed by atoms with van der Waals surface area (Å²) in [4.78, 5) is 25.4. The fraction of sp³-hybridized carbons (Fsp3) is 0.300. The van der Waals surface area contributed by atoms with Crippen LogP contribution in [0.3, 0.4) is 0 Å². The Morgan fingerprint density at radius 3 is 2.47 bits per heavy atom. The molecule has 5 heteroatoms. The van der Waals surface area contributed by atoms with Crippen LogP contribution in [0.25, 0.3) is 0 Å². The summed E-state index contributed by atoms with van der Waals surface area (Å²) in [6.07, 6.45) is 1.62. The van der Waals surface area contributed by atoms with Gasteiger partial charge in [0.2, 0.25) is 5.95 Å². The zero-order chi connectivity index (χ0) is 10.8. The van der Waals surface area contributed by atoms with E-state index in [4.69, 9.17) is 0 Å². The second kappa shape index (κ2) is 3.76. The van der Waals surface area contributed by atoms with Crippen molar-refractivity contribution in [2.75, 3.05) is 0 Å². The first-order valence-corrected chi connectivity index (χ1v) is 4.50. The van der Waals surface area contributed by atoms with Gasteiger partial charge in [-0.15, -0.1) is 0 Å². The number of hydrogen-bond donors (Lipinski definition) is 0. The summed E-state index contributed by atoms with van der Waals surface area (Å²) in [5, 5.41) is 0. The van der Waals surface area contributed by atoms with Crippen LogP contribution in [0.2, 0.25) is 0 Å². The Labute approximate surface area is 85.1 Å². The zero-order valence-electron chi connectivity index (χ0n) is 7.77. The third kappa shape index (κ3) is 2.18. The molecule has 78 valence electrons. The fourth-order valence-corrected chi connectivity index (χ4v) is 1.55. The Morgan fingerprint density at radius 2 is 1.93 bits per heavy atom. The van der Waals surface area contributed by atoms with Crippen molar-refractivity contribution in [1.29, 1.82) is 0 Å². The van der Waals surface area contributed by atoms with Crippen molar-refractivity contribution in [2.45, 2.75) is 18.8 Å². The van der Waals surface area contributed by atoms with Gasteiger partial charge in [0, 0.05) is 12.1 Å². The molecule has 2 rings (SSSR count). The summed E-state index contributed by atoms with van der Waals surface area (Å²) in [7, 11) is 0. The van der Waals surface area contributed by atoms with E-state index < -0.39 is 17.9 Å². The largest absolute Gasteiger partial charge is 0.393 e. The highest BCUT2D eigenvalue weighted by Crippen LogP contribution is 2.27. The molecule has 1 aromatic rings. The SMILES string of the molecule is O=C1CC(c2ccc(F)nc2)CC(=O)O1. The standard InChI is InChI=1S/C10H8FNO3/c11-8-2-1-6(5-12-8)7-3-9(13)15-10(14)4-7/h1-2,5,7H,3-4H2. The van der Waals surface area contributed by atoms with Crippen molar-refractivity contribution in [1.82, 2.24) is 4.98 Å². The van der Waals surface area contributed by atoms with E-state index in [1.165, 1.54) is 18.3 Å². The minimum atomic E-state index is -0.580. The molecule has 0 amide bonds. The van der Waals surface area contributed by atoms with Crippen LogP contribution in [0.1, 0.15) is 24.3 Å². The predicted molar refractivity (Wildman–Crippen MR) is 47.3 cm³/mol. The number of ether oxygens (including phenoxy) is 1. The number of cyclic esters (lactones) is 2. The van der Waals surface area contributed by atoms with Crippen molar-refractivity contribution >= 4 is 11.9 Å². The van der Waals surface area contributed by atoms with Gasteiger partial charge in [-0.3, -0.25) is 9.59 Å². The van der Waals surface area contributed by atoms with Crippen LogP contribution in [-0.4, -0.2) is 16.9 Å². The van der Waals surface area contributed by atoms with Crippen LogP contribution < -0.4 is 0 Å². The van der Waals surface area contributed by atoms with Gasteiger partial charge in [0.25, 0.3) is 0 Å². The van der Waals surface area contributed by atoms with E-state index in [-0.39, 0.29) is 18.8 Å². The maximum atomic E-state index is 12.5. The molecule has 0 radical (unpaired) electrons. The normalized spacial score (nSPS) is 17.7. The number of hydrogen-bond acceptors (Lipinski definition) is 4. The molecule has 1 aromatic heterocycles. The van der Waals surface area contributed by atoms with Crippen molar-refractivity contribution < 1.29 is 18.7 Å². The fourth-order valence-electron chi connectivity index (χ4n) is 1.55. The van der Waals surface area contributed by atoms with Gasteiger partial charge >= 0.3 is 11.9 Å². The number of pyridine rings is 1. The summed E-state index contributed by atoms with van der Waals surface area (Å²) in [5.74, 6) is -1.91. The third-order valence-corrected chi connectivity index (χ3v) is 2.28. The van der Waals surface area contributed by atoms with Gasteiger partial charge in [0.05, 0.1) is 12.8 Å². The Kier molecular flexibility index (Phi) is 2.45. The van der Waals surface area contributed by atoms with E-state index in [0.717, 1.165) is 0 Å². The van der Waals surface area contributed by atoms with Crippen LogP contribution in [0.15, 0.2) is 18.3 Å². The van der Waals surface area contributed by atoms with Gasteiger partial charge in [-0.05, 0) is 11.6 Å². The van der Waals surface area contributed by atoms with Crippen molar-refractivity contribution in [2.24, 2.45) is 0 Å². The topological polar surface area (TPSA) is 56.3 Å². The van der Waals surface area contributed by atoms with Crippen LogP contribution >= 0.6 is 0 Å². The van der Waals surface area contributed by atoms with E-state index in [1.54, 1.807) is 0 Å². The number of carbonyl (C=O) groups is 2. The summed E-state index contributed by atoms with van der Waals surface area (Å²) in [5.41, 5.74) is 0.682. The highest BCUT2D eigenvalue weighted by Gasteiger charge is 2.28. The highest BCUT2D eigenvalue weighted by atomic mass is 19.1. The molecule has 1 saturated heterocycles. The maximum absolute atomic E-state index is 12.5. The van der Waals surface area contributed by atoms with Crippen molar-refractivity contribution in [3.8, 4) is 0 Å². The number of aromatic nitrogens is 1. The second-order valence-electron chi connectivity index (χ2n) is 3.37. The molecule has 1 aliphatic rings. The van der Waals surface area contributed by atoms with Crippen LogP contribution in [-0.2, 0) is 14.3 Å². The van der Waals surface area contributed by atoms with Crippen LogP contribution in [0.5, 0.6) is 0 Å². The number of rotatable bonds is 1. The first kappa shape index (κ1) is 9.76. The molecule has 0 unspecified atom stereocenters. The highest BCUT2D eigenvalue weighted by molar-refractivity contribution is 5.89. The molecule has 0 atom stereocenters. The van der Waals surface area contributed by atoms with Gasteiger partial charge in [-0.2, -0.15) is 4.39 Å². The summed E-state index contributed by atoms with van der Waals surface area (Å²) >= 11 is 0. The lowest BCUT2D eigenvalue weighted by atomic mass is 9.92. The molecule has 0 saturated carbocycles. The Morgan fingerprint density at radius 1 is 1.27 bits per heavy atom. The molecule has 1 aliphatic heterocycles. The molecule has 0 aromatic carbocycles. The zero-order valence-corrected chi connectivity index (χ0v) is 7.77. The number of esters is 2. The molecule has 1 fully saturated rings. The lowest BCUT2D eigenvalue weighted by Gasteiger charge is -2.19. The van der Waals surface area contributed by atoms with Crippen molar-refractivity contribution in [3.63, 3.8) is 0 Å². The average molecular weight is 209 g/mol. The van der Waals surface area contributed by atoms with E-state index in [2.05, 4.69) is 9.72 Å². The molecule has 0 bridgehead atoms. The Hall–Kier alpha value is -1.78. The first-order valence-electron chi connectivity index (χ1n) is 4.50. The molecule has 0 spiro atoms. The van der Waals surface area contributed by atoms with Gasteiger partial charge in [-0.25, -0.2) is 4.98 Å². The molecule has 2 heterocycles. The lowest BCUT2D eigenvalue weighted by Crippen LogP contribution is -2.24. The van der Waals surface area contributed by atoms with E-state index in [0.29, 0.717) is 5.56 Å². The molecule has 15 heavy (non-hydrogen) atoms. The van der Waals surface area contributed by atoms with Crippen LogP contribution in [0, 0.1) is 5.95 Å². The predicted octanol–water partition coefficient (Wildman–Crippen LogP) is 1.17. The Bertz CT molecular complexity index is 386. The Balaban J connectivity index is 2.19.